The molecule has 114 valence electrons. The zero-order chi connectivity index (χ0) is 15.6. The number of nitrogens with zero attached hydrogens (tertiary/aromatic N) is 3. The molecule has 1 unspecified atom stereocenters. The first-order valence-corrected chi connectivity index (χ1v) is 7.13. The lowest BCUT2D eigenvalue weighted by molar-refractivity contribution is -0.132. The highest BCUT2D eigenvalue weighted by molar-refractivity contribution is 6.04. The molecular weight excluding hydrogens is 270 g/mol. The summed E-state index contributed by atoms with van der Waals surface area (Å²) >= 11 is 0. The number of rotatable bonds is 4. The van der Waals surface area contributed by atoms with Gasteiger partial charge in [0.2, 0.25) is 11.8 Å². The fourth-order valence-corrected chi connectivity index (χ4v) is 2.38. The Morgan fingerprint density at radius 3 is 2.71 bits per heavy atom. The first-order valence-electron chi connectivity index (χ1n) is 7.13. The number of carbonyl (C=O) groups excluding carboxylic acids is 2. The van der Waals surface area contributed by atoms with Crippen LogP contribution >= 0.6 is 0 Å². The lowest BCUT2D eigenvalue weighted by Crippen LogP contribution is -2.57. The third-order valence-electron chi connectivity index (χ3n) is 3.57. The van der Waals surface area contributed by atoms with Gasteiger partial charge in [0.1, 0.15) is 23.5 Å². The zero-order valence-corrected chi connectivity index (χ0v) is 12.9. The Labute approximate surface area is 124 Å². The molecule has 2 amide bonds. The van der Waals surface area contributed by atoms with Crippen molar-refractivity contribution in [2.75, 3.05) is 23.8 Å². The molecule has 7 heteroatoms. The molecule has 1 saturated heterocycles. The molecule has 7 nitrogen and oxygen atoms in total. The molecular formula is C14H21N5O2. The molecule has 0 bridgehead atoms. The number of aromatic nitrogens is 2. The van der Waals surface area contributed by atoms with Crippen molar-refractivity contribution < 1.29 is 9.59 Å². The Morgan fingerprint density at radius 1 is 1.38 bits per heavy atom. The van der Waals surface area contributed by atoms with E-state index in [0.717, 1.165) is 24.2 Å². The normalized spacial score (nSPS) is 18.7. The van der Waals surface area contributed by atoms with Gasteiger partial charge < -0.3 is 10.2 Å². The second-order valence-electron chi connectivity index (χ2n) is 5.15. The van der Waals surface area contributed by atoms with Gasteiger partial charge in [-0.1, -0.05) is 6.92 Å². The van der Waals surface area contributed by atoms with Gasteiger partial charge in [-0.15, -0.1) is 0 Å². The van der Waals surface area contributed by atoms with Crippen molar-refractivity contribution in [3.8, 4) is 0 Å². The van der Waals surface area contributed by atoms with Crippen LogP contribution in [0.25, 0.3) is 0 Å². The molecule has 21 heavy (non-hydrogen) atoms. The largest absolute Gasteiger partial charge is 0.373 e. The van der Waals surface area contributed by atoms with Gasteiger partial charge >= 0.3 is 0 Å². The molecule has 1 aliphatic rings. The van der Waals surface area contributed by atoms with Crippen molar-refractivity contribution in [2.24, 2.45) is 0 Å². The molecule has 1 atom stereocenters. The third-order valence-corrected chi connectivity index (χ3v) is 3.57. The topological polar surface area (TPSA) is 87.2 Å². The molecule has 0 aliphatic carbocycles. The molecule has 0 spiro atoms. The number of piperazine rings is 1. The van der Waals surface area contributed by atoms with Crippen molar-refractivity contribution in [1.29, 1.82) is 0 Å². The van der Waals surface area contributed by atoms with E-state index >= 15 is 0 Å². The Balaban J connectivity index is 2.47. The molecule has 2 heterocycles. The number of carbonyl (C=O) groups is 2. The number of hydrogen-bond acceptors (Lipinski definition) is 6. The van der Waals surface area contributed by atoms with Gasteiger partial charge in [0.15, 0.2) is 0 Å². The quantitative estimate of drug-likeness (QED) is 0.791. The lowest BCUT2D eigenvalue weighted by Gasteiger charge is -2.34. The van der Waals surface area contributed by atoms with E-state index in [0.29, 0.717) is 11.6 Å². The first-order chi connectivity index (χ1) is 9.97. The van der Waals surface area contributed by atoms with E-state index in [1.807, 2.05) is 6.92 Å². The first kappa shape index (κ1) is 15.2. The highest BCUT2D eigenvalue weighted by atomic mass is 16.2. The fourth-order valence-electron chi connectivity index (χ4n) is 2.38. The van der Waals surface area contributed by atoms with Crippen molar-refractivity contribution in [2.45, 2.75) is 39.7 Å². The van der Waals surface area contributed by atoms with Crippen LogP contribution in [0.3, 0.4) is 0 Å². The molecule has 0 radical (unpaired) electrons. The van der Waals surface area contributed by atoms with Gasteiger partial charge in [-0.3, -0.25) is 14.9 Å². The standard InChI is InChI=1S/C14H21N5O2/c1-5-6-10-16-12(15-4)8(2)13(17-10)19-7-11(20)18-14(21)9(19)3/h9H,5-7H2,1-4H3,(H,15,16,17)(H,18,20,21). The molecule has 1 aromatic rings. The second kappa shape index (κ2) is 6.07. The number of anilines is 2. The van der Waals surface area contributed by atoms with Crippen molar-refractivity contribution in [3.63, 3.8) is 0 Å². The van der Waals surface area contributed by atoms with Crippen LogP contribution in [0.4, 0.5) is 11.6 Å². The number of hydrogen-bond donors (Lipinski definition) is 2. The molecule has 0 saturated carbocycles. The van der Waals surface area contributed by atoms with Crippen LogP contribution in [0.5, 0.6) is 0 Å². The maximum absolute atomic E-state index is 11.8. The highest BCUT2D eigenvalue weighted by Gasteiger charge is 2.32. The molecule has 2 N–H and O–H groups in total. The zero-order valence-electron chi connectivity index (χ0n) is 12.9. The van der Waals surface area contributed by atoms with Crippen LogP contribution in [0.1, 0.15) is 31.7 Å². The maximum Gasteiger partial charge on any atom is 0.249 e. The summed E-state index contributed by atoms with van der Waals surface area (Å²) in [5.41, 5.74) is 0.840. The second-order valence-corrected chi connectivity index (χ2v) is 5.15. The summed E-state index contributed by atoms with van der Waals surface area (Å²) in [7, 11) is 1.80. The number of amides is 2. The minimum atomic E-state index is -0.435. The number of nitrogens with one attached hydrogen (secondary N) is 2. The van der Waals surface area contributed by atoms with E-state index < -0.39 is 6.04 Å². The van der Waals surface area contributed by atoms with Gasteiger partial charge in [-0.2, -0.15) is 0 Å². The summed E-state index contributed by atoms with van der Waals surface area (Å²) in [4.78, 5) is 34.2. The van der Waals surface area contributed by atoms with Crippen molar-refractivity contribution in [1.82, 2.24) is 15.3 Å². The highest BCUT2D eigenvalue weighted by Crippen LogP contribution is 2.26. The third kappa shape index (κ3) is 2.96. The Hall–Kier alpha value is -2.18. The Bertz CT molecular complexity index is 573. The van der Waals surface area contributed by atoms with E-state index in [4.69, 9.17) is 0 Å². The summed E-state index contributed by atoms with van der Waals surface area (Å²) in [5, 5.41) is 5.39. The van der Waals surface area contributed by atoms with Crippen LogP contribution < -0.4 is 15.5 Å². The van der Waals surface area contributed by atoms with E-state index in [1.54, 1.807) is 18.9 Å². The van der Waals surface area contributed by atoms with Crippen LogP contribution in [-0.4, -0.2) is 41.4 Å². The molecule has 1 fully saturated rings. The maximum atomic E-state index is 11.8. The van der Waals surface area contributed by atoms with E-state index in [1.165, 1.54) is 0 Å². The average molecular weight is 291 g/mol. The number of imide groups is 1. The smallest absolute Gasteiger partial charge is 0.249 e. The Morgan fingerprint density at radius 2 is 2.10 bits per heavy atom. The summed E-state index contributed by atoms with van der Waals surface area (Å²) in [5.74, 6) is 1.49. The summed E-state index contributed by atoms with van der Waals surface area (Å²) < 4.78 is 0. The monoisotopic (exact) mass is 291 g/mol. The summed E-state index contributed by atoms with van der Waals surface area (Å²) in [6.07, 6.45) is 1.69. The minimum Gasteiger partial charge on any atom is -0.373 e. The van der Waals surface area contributed by atoms with Gasteiger partial charge in [0.25, 0.3) is 0 Å². The van der Waals surface area contributed by atoms with E-state index in [9.17, 15) is 9.59 Å². The Kier molecular flexibility index (Phi) is 4.40. The molecule has 1 aromatic heterocycles. The van der Waals surface area contributed by atoms with E-state index in [-0.39, 0.29) is 18.4 Å². The van der Waals surface area contributed by atoms with Crippen molar-refractivity contribution >= 4 is 23.5 Å². The molecule has 1 aliphatic heterocycles. The predicted molar refractivity (Wildman–Crippen MR) is 80.3 cm³/mol. The molecule has 2 rings (SSSR count). The van der Waals surface area contributed by atoms with Gasteiger partial charge in [-0.05, 0) is 20.3 Å². The summed E-state index contributed by atoms with van der Waals surface area (Å²) in [6.45, 7) is 5.84. The predicted octanol–water partition coefficient (Wildman–Crippen LogP) is 0.631. The van der Waals surface area contributed by atoms with E-state index in [2.05, 4.69) is 27.5 Å². The van der Waals surface area contributed by atoms with Gasteiger partial charge in [0.05, 0.1) is 6.54 Å². The van der Waals surface area contributed by atoms with Gasteiger partial charge in [-0.25, -0.2) is 9.97 Å². The average Bonchev–Trinajstić information content (AvgIpc) is 2.45. The fraction of sp³-hybridized carbons (Fsp3) is 0.571. The van der Waals surface area contributed by atoms with Crippen LogP contribution in [0, 0.1) is 6.92 Å². The van der Waals surface area contributed by atoms with Crippen LogP contribution in [0.15, 0.2) is 0 Å². The van der Waals surface area contributed by atoms with Crippen LogP contribution in [-0.2, 0) is 16.0 Å². The lowest BCUT2D eigenvalue weighted by atomic mass is 10.1. The SMILES string of the molecule is CCCc1nc(NC)c(C)c(N2CC(=O)NC(=O)C2C)n1. The number of aryl methyl sites for hydroxylation is 1. The van der Waals surface area contributed by atoms with Gasteiger partial charge in [0, 0.05) is 19.0 Å². The summed E-state index contributed by atoms with van der Waals surface area (Å²) in [6, 6.07) is -0.435. The molecule has 0 aromatic carbocycles. The van der Waals surface area contributed by atoms with Crippen molar-refractivity contribution in [3.05, 3.63) is 11.4 Å². The minimum absolute atomic E-state index is 0.124. The van der Waals surface area contributed by atoms with Crippen LogP contribution in [0.2, 0.25) is 0 Å².